The molecule has 6 heteroatoms. The van der Waals surface area contributed by atoms with Crippen LogP contribution in [0.15, 0.2) is 48.5 Å². The number of carbonyl (C=O) groups excluding carboxylic acids is 2. The van der Waals surface area contributed by atoms with Gasteiger partial charge in [-0.3, -0.25) is 14.5 Å². The van der Waals surface area contributed by atoms with Gasteiger partial charge in [-0.15, -0.1) is 0 Å². The van der Waals surface area contributed by atoms with Gasteiger partial charge < -0.3 is 15.8 Å². The van der Waals surface area contributed by atoms with Gasteiger partial charge in [-0.1, -0.05) is 24.3 Å². The Labute approximate surface area is 146 Å². The molecule has 3 rings (SSSR count). The van der Waals surface area contributed by atoms with Crippen LogP contribution in [-0.4, -0.2) is 31.0 Å². The average molecular weight is 339 g/mol. The van der Waals surface area contributed by atoms with Crippen molar-refractivity contribution in [2.24, 2.45) is 0 Å². The molecule has 0 radical (unpaired) electrons. The molecule has 0 saturated heterocycles. The summed E-state index contributed by atoms with van der Waals surface area (Å²) in [6.07, 6.45) is 0.105. The van der Waals surface area contributed by atoms with Crippen LogP contribution in [0.5, 0.6) is 5.75 Å². The summed E-state index contributed by atoms with van der Waals surface area (Å²) in [5.41, 5.74) is 8.09. The van der Waals surface area contributed by atoms with Crippen LogP contribution in [0.1, 0.15) is 12.5 Å². The number of nitrogen functional groups attached to an aromatic ring is 1. The molecule has 2 aromatic rings. The van der Waals surface area contributed by atoms with Crippen LogP contribution in [0.3, 0.4) is 0 Å². The molecule has 0 aromatic heterocycles. The van der Waals surface area contributed by atoms with Crippen molar-refractivity contribution in [3.05, 3.63) is 54.1 Å². The van der Waals surface area contributed by atoms with E-state index >= 15 is 0 Å². The van der Waals surface area contributed by atoms with E-state index in [2.05, 4.69) is 5.32 Å². The minimum Gasteiger partial charge on any atom is -0.479 e. The summed E-state index contributed by atoms with van der Waals surface area (Å²) in [4.78, 5) is 26.1. The van der Waals surface area contributed by atoms with Gasteiger partial charge in [0.15, 0.2) is 6.10 Å². The Balaban J connectivity index is 1.58. The SMILES string of the molecule is CC1Oc2ccccc2N(CC(=O)NCCc2ccc(N)cc2)C1=O. The van der Waals surface area contributed by atoms with Crippen LogP contribution in [0.2, 0.25) is 0 Å². The molecule has 0 bridgehead atoms. The quantitative estimate of drug-likeness (QED) is 0.813. The lowest BCUT2D eigenvalue weighted by molar-refractivity contribution is -0.128. The maximum Gasteiger partial charge on any atom is 0.268 e. The number of ether oxygens (including phenoxy) is 1. The van der Waals surface area contributed by atoms with E-state index in [1.165, 1.54) is 4.90 Å². The maximum absolute atomic E-state index is 12.4. The molecule has 1 atom stereocenters. The van der Waals surface area contributed by atoms with Gasteiger partial charge in [-0.2, -0.15) is 0 Å². The summed E-state index contributed by atoms with van der Waals surface area (Å²) in [6.45, 7) is 2.16. The number of benzene rings is 2. The molecule has 1 aliphatic heterocycles. The first-order valence-corrected chi connectivity index (χ1v) is 8.23. The first-order valence-electron chi connectivity index (χ1n) is 8.23. The number of amides is 2. The molecule has 25 heavy (non-hydrogen) atoms. The first-order chi connectivity index (χ1) is 12.0. The number of nitrogens with two attached hydrogens (primary N) is 1. The van der Waals surface area contributed by atoms with Crippen molar-refractivity contribution in [1.82, 2.24) is 5.32 Å². The number of para-hydroxylation sites is 2. The molecule has 0 fully saturated rings. The van der Waals surface area contributed by atoms with Gasteiger partial charge in [0.1, 0.15) is 12.3 Å². The van der Waals surface area contributed by atoms with E-state index in [9.17, 15) is 9.59 Å². The van der Waals surface area contributed by atoms with Crippen LogP contribution in [-0.2, 0) is 16.0 Å². The normalized spacial score (nSPS) is 16.1. The lowest BCUT2D eigenvalue weighted by Gasteiger charge is -2.32. The van der Waals surface area contributed by atoms with Crippen LogP contribution < -0.4 is 20.7 Å². The fourth-order valence-electron chi connectivity index (χ4n) is 2.75. The molecule has 0 aliphatic carbocycles. The number of carbonyl (C=O) groups is 2. The number of fused-ring (bicyclic) bond motifs is 1. The number of hydrogen-bond donors (Lipinski definition) is 2. The zero-order valence-corrected chi connectivity index (χ0v) is 14.1. The lowest BCUT2D eigenvalue weighted by atomic mass is 10.1. The second-order valence-corrected chi connectivity index (χ2v) is 5.99. The molecule has 2 amide bonds. The highest BCUT2D eigenvalue weighted by molar-refractivity contribution is 6.03. The highest BCUT2D eigenvalue weighted by atomic mass is 16.5. The van der Waals surface area contributed by atoms with Gasteiger partial charge in [0.2, 0.25) is 5.91 Å². The Bertz CT molecular complexity index is 774. The summed E-state index contributed by atoms with van der Waals surface area (Å²) >= 11 is 0. The van der Waals surface area contributed by atoms with E-state index in [-0.39, 0.29) is 18.4 Å². The van der Waals surface area contributed by atoms with E-state index in [4.69, 9.17) is 10.5 Å². The predicted octanol–water partition coefficient (Wildman–Crippen LogP) is 1.74. The Morgan fingerprint density at radius 1 is 1.20 bits per heavy atom. The fraction of sp³-hybridized carbons (Fsp3) is 0.263. The molecule has 3 N–H and O–H groups in total. The molecule has 1 heterocycles. The van der Waals surface area contributed by atoms with Crippen molar-refractivity contribution >= 4 is 23.2 Å². The van der Waals surface area contributed by atoms with Crippen LogP contribution in [0.4, 0.5) is 11.4 Å². The third kappa shape index (κ3) is 3.91. The third-order valence-corrected chi connectivity index (χ3v) is 4.09. The zero-order valence-electron chi connectivity index (χ0n) is 14.1. The van der Waals surface area contributed by atoms with E-state index in [1.54, 1.807) is 19.1 Å². The predicted molar refractivity (Wildman–Crippen MR) is 96.5 cm³/mol. The van der Waals surface area contributed by atoms with Crippen molar-refractivity contribution in [2.45, 2.75) is 19.4 Å². The molecule has 1 aliphatic rings. The van der Waals surface area contributed by atoms with Crippen LogP contribution >= 0.6 is 0 Å². The molecule has 2 aromatic carbocycles. The minimum atomic E-state index is -0.600. The third-order valence-electron chi connectivity index (χ3n) is 4.09. The van der Waals surface area contributed by atoms with Gasteiger partial charge >= 0.3 is 0 Å². The first kappa shape index (κ1) is 16.8. The highest BCUT2D eigenvalue weighted by Crippen LogP contribution is 2.33. The Kier molecular flexibility index (Phi) is 4.88. The molecule has 0 spiro atoms. The van der Waals surface area contributed by atoms with Crippen molar-refractivity contribution < 1.29 is 14.3 Å². The van der Waals surface area contributed by atoms with Gasteiger partial charge in [0.25, 0.3) is 5.91 Å². The smallest absolute Gasteiger partial charge is 0.268 e. The minimum absolute atomic E-state index is 0.0225. The summed E-state index contributed by atoms with van der Waals surface area (Å²) in [5.74, 6) is 0.198. The van der Waals surface area contributed by atoms with Gasteiger partial charge in [0.05, 0.1) is 5.69 Å². The van der Waals surface area contributed by atoms with Gasteiger partial charge in [-0.05, 0) is 43.2 Å². The number of rotatable bonds is 5. The Hall–Kier alpha value is -3.02. The van der Waals surface area contributed by atoms with Crippen molar-refractivity contribution in [1.29, 1.82) is 0 Å². The number of anilines is 2. The standard InChI is InChI=1S/C19H21N3O3/c1-13-19(24)22(16-4-2-3-5-17(16)25-13)12-18(23)21-11-10-14-6-8-15(20)9-7-14/h2-9,13H,10-12,20H2,1H3,(H,21,23). The summed E-state index contributed by atoms with van der Waals surface area (Å²) in [7, 11) is 0. The fourth-order valence-corrected chi connectivity index (χ4v) is 2.75. The summed E-state index contributed by atoms with van der Waals surface area (Å²) in [6, 6.07) is 14.8. The van der Waals surface area contributed by atoms with Crippen molar-refractivity contribution in [3.63, 3.8) is 0 Å². The molecule has 0 saturated carbocycles. The highest BCUT2D eigenvalue weighted by Gasteiger charge is 2.32. The van der Waals surface area contributed by atoms with Gasteiger partial charge in [-0.25, -0.2) is 0 Å². The zero-order chi connectivity index (χ0) is 17.8. The topological polar surface area (TPSA) is 84.7 Å². The Morgan fingerprint density at radius 2 is 1.92 bits per heavy atom. The van der Waals surface area contributed by atoms with E-state index < -0.39 is 6.10 Å². The Morgan fingerprint density at radius 3 is 2.68 bits per heavy atom. The molecule has 130 valence electrons. The largest absolute Gasteiger partial charge is 0.479 e. The monoisotopic (exact) mass is 339 g/mol. The molecule has 1 unspecified atom stereocenters. The van der Waals surface area contributed by atoms with E-state index in [0.29, 0.717) is 30.1 Å². The number of nitrogens with zero attached hydrogens (tertiary/aromatic N) is 1. The second kappa shape index (κ2) is 7.25. The molecule has 6 nitrogen and oxygen atoms in total. The van der Waals surface area contributed by atoms with Crippen LogP contribution in [0.25, 0.3) is 0 Å². The van der Waals surface area contributed by atoms with E-state index in [0.717, 1.165) is 5.56 Å². The molecular formula is C19H21N3O3. The van der Waals surface area contributed by atoms with E-state index in [1.807, 2.05) is 36.4 Å². The van der Waals surface area contributed by atoms with Crippen molar-refractivity contribution in [3.8, 4) is 5.75 Å². The van der Waals surface area contributed by atoms with Crippen molar-refractivity contribution in [2.75, 3.05) is 23.7 Å². The summed E-state index contributed by atoms with van der Waals surface area (Å²) in [5, 5.41) is 2.85. The average Bonchev–Trinajstić information content (AvgIpc) is 2.60. The number of nitrogens with one attached hydrogen (secondary N) is 1. The molecular weight excluding hydrogens is 318 g/mol. The lowest BCUT2D eigenvalue weighted by Crippen LogP contribution is -2.49. The van der Waals surface area contributed by atoms with Gasteiger partial charge in [0, 0.05) is 12.2 Å². The number of hydrogen-bond acceptors (Lipinski definition) is 4. The summed E-state index contributed by atoms with van der Waals surface area (Å²) < 4.78 is 5.57. The second-order valence-electron chi connectivity index (χ2n) is 5.99. The maximum atomic E-state index is 12.4. The van der Waals surface area contributed by atoms with Crippen LogP contribution in [0, 0.1) is 0 Å².